The average Bonchev–Trinajstić information content (AvgIpc) is 2.86. The molecule has 1 atom stereocenters. The van der Waals surface area contributed by atoms with Crippen molar-refractivity contribution in [3.63, 3.8) is 0 Å². The molecule has 0 unspecified atom stereocenters. The lowest BCUT2D eigenvalue weighted by atomic mass is 10.1. The van der Waals surface area contributed by atoms with Crippen molar-refractivity contribution in [3.8, 4) is 0 Å². The Kier molecular flexibility index (Phi) is 1.85. The van der Waals surface area contributed by atoms with Gasteiger partial charge in [0.25, 0.3) is 0 Å². The fourth-order valence-electron chi connectivity index (χ4n) is 2.00. The molecule has 14 heavy (non-hydrogen) atoms. The summed E-state index contributed by atoms with van der Waals surface area (Å²) in [5.74, 6) is 1.87. The Morgan fingerprint density at radius 2 is 2.43 bits per heavy atom. The van der Waals surface area contributed by atoms with E-state index in [1.807, 2.05) is 6.92 Å². The third kappa shape index (κ3) is 1.55. The highest BCUT2D eigenvalue weighted by Gasteiger charge is 2.28. The molecule has 4 heteroatoms. The Labute approximate surface area is 82.9 Å². The molecule has 0 spiro atoms. The minimum atomic E-state index is 0.476. The van der Waals surface area contributed by atoms with Crippen molar-refractivity contribution in [2.75, 3.05) is 19.7 Å². The maximum absolute atomic E-state index is 5.51. The molecule has 2 aliphatic rings. The molecule has 0 aromatic carbocycles. The van der Waals surface area contributed by atoms with Gasteiger partial charge in [-0.05, 0) is 0 Å². The van der Waals surface area contributed by atoms with E-state index < -0.39 is 0 Å². The van der Waals surface area contributed by atoms with E-state index in [0.29, 0.717) is 6.10 Å². The summed E-state index contributed by atoms with van der Waals surface area (Å²) in [5, 5.41) is 0. The van der Waals surface area contributed by atoms with Crippen molar-refractivity contribution in [1.29, 1.82) is 0 Å². The molecule has 0 saturated carbocycles. The Morgan fingerprint density at radius 1 is 1.57 bits per heavy atom. The maximum Gasteiger partial charge on any atom is 0.191 e. The van der Waals surface area contributed by atoms with Crippen LogP contribution >= 0.6 is 0 Å². The number of ether oxygens (including phenoxy) is 1. The minimum Gasteiger partial charge on any atom is -0.446 e. The highest BCUT2D eigenvalue weighted by atomic mass is 16.6. The van der Waals surface area contributed by atoms with Gasteiger partial charge in [0.1, 0.15) is 5.76 Å². The van der Waals surface area contributed by atoms with Crippen LogP contribution in [0.1, 0.15) is 17.3 Å². The van der Waals surface area contributed by atoms with Crippen LogP contribution in [0.5, 0.6) is 0 Å². The molecule has 1 fully saturated rings. The van der Waals surface area contributed by atoms with Gasteiger partial charge in [-0.25, -0.2) is 4.98 Å². The second kappa shape index (κ2) is 3.07. The summed E-state index contributed by atoms with van der Waals surface area (Å²) in [6.07, 6.45) is 1.47. The van der Waals surface area contributed by atoms with E-state index in [-0.39, 0.29) is 0 Å². The van der Waals surface area contributed by atoms with Gasteiger partial charge in [-0.1, -0.05) is 0 Å². The van der Waals surface area contributed by atoms with Crippen LogP contribution in [0.25, 0.3) is 0 Å². The largest absolute Gasteiger partial charge is 0.446 e. The van der Waals surface area contributed by atoms with Crippen molar-refractivity contribution in [1.82, 2.24) is 9.88 Å². The normalized spacial score (nSPS) is 26.2. The van der Waals surface area contributed by atoms with Gasteiger partial charge in [0.05, 0.1) is 18.4 Å². The van der Waals surface area contributed by atoms with Crippen LogP contribution < -0.4 is 0 Å². The van der Waals surface area contributed by atoms with E-state index in [1.165, 1.54) is 0 Å². The third-order valence-corrected chi connectivity index (χ3v) is 2.78. The predicted octanol–water partition coefficient (Wildman–Crippen LogP) is 0.740. The summed E-state index contributed by atoms with van der Waals surface area (Å²) in [7, 11) is 0. The van der Waals surface area contributed by atoms with E-state index in [9.17, 15) is 0 Å². The van der Waals surface area contributed by atoms with Gasteiger partial charge in [-0.3, -0.25) is 4.90 Å². The predicted molar refractivity (Wildman–Crippen MR) is 50.0 cm³/mol. The molecule has 2 aliphatic heterocycles. The van der Waals surface area contributed by atoms with Gasteiger partial charge in [-0.15, -0.1) is 0 Å². The fourth-order valence-corrected chi connectivity index (χ4v) is 2.00. The zero-order valence-corrected chi connectivity index (χ0v) is 8.32. The smallest absolute Gasteiger partial charge is 0.191 e. The zero-order valence-electron chi connectivity index (χ0n) is 8.32. The van der Waals surface area contributed by atoms with Gasteiger partial charge < -0.3 is 9.15 Å². The average molecular weight is 194 g/mol. The molecule has 3 heterocycles. The van der Waals surface area contributed by atoms with Crippen molar-refractivity contribution in [2.45, 2.75) is 26.0 Å². The molecule has 0 N–H and O–H groups in total. The highest BCUT2D eigenvalue weighted by Crippen LogP contribution is 2.21. The van der Waals surface area contributed by atoms with Crippen molar-refractivity contribution >= 4 is 0 Å². The first-order chi connectivity index (χ1) is 6.81. The second-order valence-corrected chi connectivity index (χ2v) is 4.04. The number of nitrogens with zero attached hydrogens (tertiary/aromatic N) is 2. The quantitative estimate of drug-likeness (QED) is 0.651. The first-order valence-corrected chi connectivity index (χ1v) is 5.10. The number of aryl methyl sites for hydroxylation is 1. The molecular weight excluding hydrogens is 180 g/mol. The topological polar surface area (TPSA) is 41.8 Å². The molecule has 4 nitrogen and oxygen atoms in total. The molecule has 0 amide bonds. The van der Waals surface area contributed by atoms with Crippen molar-refractivity contribution in [3.05, 3.63) is 17.3 Å². The van der Waals surface area contributed by atoms with E-state index in [0.717, 1.165) is 50.0 Å². The summed E-state index contributed by atoms with van der Waals surface area (Å²) < 4.78 is 10.7. The van der Waals surface area contributed by atoms with Gasteiger partial charge in [-0.2, -0.15) is 0 Å². The SMILES string of the molecule is Cc1nc2c(o1)CCN(C[C@@H]1CO1)C2. The van der Waals surface area contributed by atoms with Gasteiger partial charge in [0.15, 0.2) is 5.89 Å². The molecule has 1 aromatic heterocycles. The van der Waals surface area contributed by atoms with Gasteiger partial charge >= 0.3 is 0 Å². The van der Waals surface area contributed by atoms with Crippen LogP contribution in [0.15, 0.2) is 4.42 Å². The number of fused-ring (bicyclic) bond motifs is 1. The van der Waals surface area contributed by atoms with Crippen molar-refractivity contribution < 1.29 is 9.15 Å². The molecule has 76 valence electrons. The first-order valence-electron chi connectivity index (χ1n) is 5.10. The van der Waals surface area contributed by atoms with Crippen LogP contribution in [0.2, 0.25) is 0 Å². The maximum atomic E-state index is 5.51. The molecule has 3 rings (SSSR count). The monoisotopic (exact) mass is 194 g/mol. The molecule has 0 aliphatic carbocycles. The van der Waals surface area contributed by atoms with E-state index >= 15 is 0 Å². The van der Waals surface area contributed by atoms with E-state index in [4.69, 9.17) is 9.15 Å². The molecule has 0 radical (unpaired) electrons. The standard InChI is InChI=1S/C10H14N2O2/c1-7-11-9-5-12(4-8-6-13-8)3-2-10(9)14-7/h8H,2-6H2,1H3/t8-/m1/s1. The lowest BCUT2D eigenvalue weighted by Gasteiger charge is -2.23. The van der Waals surface area contributed by atoms with Crippen LogP contribution in [-0.2, 0) is 17.7 Å². The van der Waals surface area contributed by atoms with Gasteiger partial charge in [0.2, 0.25) is 0 Å². The Morgan fingerprint density at radius 3 is 3.21 bits per heavy atom. The molecule has 1 saturated heterocycles. The van der Waals surface area contributed by atoms with Crippen molar-refractivity contribution in [2.24, 2.45) is 0 Å². The Hall–Kier alpha value is -0.870. The minimum absolute atomic E-state index is 0.476. The summed E-state index contributed by atoms with van der Waals surface area (Å²) in [6, 6.07) is 0. The second-order valence-electron chi connectivity index (χ2n) is 4.04. The number of aromatic nitrogens is 1. The number of rotatable bonds is 2. The lowest BCUT2D eigenvalue weighted by molar-refractivity contribution is 0.215. The molecule has 0 bridgehead atoms. The summed E-state index contributed by atoms with van der Waals surface area (Å²) in [6.45, 7) is 5.88. The first kappa shape index (κ1) is 8.44. The highest BCUT2D eigenvalue weighted by molar-refractivity contribution is 5.13. The van der Waals surface area contributed by atoms with E-state index in [1.54, 1.807) is 0 Å². The Balaban J connectivity index is 1.71. The van der Waals surface area contributed by atoms with E-state index in [2.05, 4.69) is 9.88 Å². The van der Waals surface area contributed by atoms with Crippen LogP contribution in [0, 0.1) is 6.92 Å². The fraction of sp³-hybridized carbons (Fsp3) is 0.700. The summed E-state index contributed by atoms with van der Waals surface area (Å²) >= 11 is 0. The zero-order chi connectivity index (χ0) is 9.54. The Bertz CT molecular complexity index is 344. The number of hydrogen-bond donors (Lipinski definition) is 0. The summed E-state index contributed by atoms with van der Waals surface area (Å²) in [4.78, 5) is 6.77. The summed E-state index contributed by atoms with van der Waals surface area (Å²) in [5.41, 5.74) is 1.12. The lowest BCUT2D eigenvalue weighted by Crippen LogP contribution is -2.33. The third-order valence-electron chi connectivity index (χ3n) is 2.78. The number of hydrogen-bond acceptors (Lipinski definition) is 4. The van der Waals surface area contributed by atoms with Crippen LogP contribution in [0.3, 0.4) is 0 Å². The van der Waals surface area contributed by atoms with Gasteiger partial charge in [0, 0.05) is 33.0 Å². The number of oxazole rings is 1. The van der Waals surface area contributed by atoms with Crippen LogP contribution in [-0.4, -0.2) is 35.7 Å². The van der Waals surface area contributed by atoms with Crippen LogP contribution in [0.4, 0.5) is 0 Å². The molecule has 1 aromatic rings. The molecular formula is C10H14N2O2. The number of epoxide rings is 1.